The van der Waals surface area contributed by atoms with Gasteiger partial charge in [0.2, 0.25) is 5.95 Å². The highest BCUT2D eigenvalue weighted by Gasteiger charge is 2.10. The fourth-order valence-corrected chi connectivity index (χ4v) is 1.20. The van der Waals surface area contributed by atoms with Crippen LogP contribution < -0.4 is 10.6 Å². The van der Waals surface area contributed by atoms with Gasteiger partial charge in [0.15, 0.2) is 0 Å². The van der Waals surface area contributed by atoms with Gasteiger partial charge < -0.3 is 5.32 Å². The number of rotatable bonds is 5. The SMILES string of the molecule is CCCNc1cncc(C(=O)Nc2nnn[nH]2)n1. The number of carbonyl (C=O) groups excluding carboxylic acids is 1. The van der Waals surface area contributed by atoms with Gasteiger partial charge in [0.1, 0.15) is 11.5 Å². The van der Waals surface area contributed by atoms with Gasteiger partial charge >= 0.3 is 0 Å². The molecule has 9 nitrogen and oxygen atoms in total. The summed E-state index contributed by atoms with van der Waals surface area (Å²) in [5.41, 5.74) is 0.188. The molecule has 0 aromatic carbocycles. The van der Waals surface area contributed by atoms with E-state index in [1.165, 1.54) is 6.20 Å². The molecule has 0 bridgehead atoms. The highest BCUT2D eigenvalue weighted by Crippen LogP contribution is 2.04. The Hall–Kier alpha value is -2.58. The molecule has 0 fully saturated rings. The van der Waals surface area contributed by atoms with E-state index < -0.39 is 5.91 Å². The summed E-state index contributed by atoms with van der Waals surface area (Å²) in [5, 5.41) is 18.2. The minimum absolute atomic E-state index is 0.161. The average Bonchev–Trinajstić information content (AvgIpc) is 2.89. The van der Waals surface area contributed by atoms with Crippen molar-refractivity contribution in [1.82, 2.24) is 30.6 Å². The molecule has 2 aromatic rings. The van der Waals surface area contributed by atoms with Crippen molar-refractivity contribution in [3.05, 3.63) is 18.1 Å². The Kier molecular flexibility index (Phi) is 3.74. The molecule has 0 radical (unpaired) electrons. The molecule has 9 heteroatoms. The molecule has 0 aliphatic heterocycles. The number of anilines is 2. The van der Waals surface area contributed by atoms with Gasteiger partial charge in [0, 0.05) is 6.54 Å². The van der Waals surface area contributed by atoms with Crippen LogP contribution in [0.1, 0.15) is 23.8 Å². The molecule has 0 atom stereocenters. The molecular formula is C9H12N8O. The number of tetrazole rings is 1. The van der Waals surface area contributed by atoms with Crippen molar-refractivity contribution in [2.75, 3.05) is 17.2 Å². The summed E-state index contributed by atoms with van der Waals surface area (Å²) >= 11 is 0. The van der Waals surface area contributed by atoms with Gasteiger partial charge in [-0.05, 0) is 16.8 Å². The summed E-state index contributed by atoms with van der Waals surface area (Å²) < 4.78 is 0. The van der Waals surface area contributed by atoms with Crippen LogP contribution in [0.4, 0.5) is 11.8 Å². The fraction of sp³-hybridized carbons (Fsp3) is 0.333. The second-order valence-corrected chi connectivity index (χ2v) is 3.42. The molecule has 0 aliphatic rings. The van der Waals surface area contributed by atoms with Crippen molar-refractivity contribution in [3.63, 3.8) is 0 Å². The Morgan fingerprint density at radius 3 is 3.06 bits per heavy atom. The number of aromatic amines is 1. The number of hydrogen-bond donors (Lipinski definition) is 3. The van der Waals surface area contributed by atoms with Gasteiger partial charge in [0.05, 0.1) is 12.4 Å². The Labute approximate surface area is 102 Å². The maximum absolute atomic E-state index is 11.8. The number of nitrogens with one attached hydrogen (secondary N) is 3. The van der Waals surface area contributed by atoms with E-state index in [4.69, 9.17) is 0 Å². The molecule has 3 N–H and O–H groups in total. The third kappa shape index (κ3) is 2.97. The zero-order valence-corrected chi connectivity index (χ0v) is 9.71. The van der Waals surface area contributed by atoms with Crippen molar-refractivity contribution >= 4 is 17.7 Å². The fourth-order valence-electron chi connectivity index (χ4n) is 1.20. The number of H-pyrrole nitrogens is 1. The third-order valence-corrected chi connectivity index (χ3v) is 2.00. The maximum Gasteiger partial charge on any atom is 0.278 e. The lowest BCUT2D eigenvalue weighted by Crippen LogP contribution is -2.16. The van der Waals surface area contributed by atoms with E-state index in [-0.39, 0.29) is 11.6 Å². The second-order valence-electron chi connectivity index (χ2n) is 3.42. The molecule has 18 heavy (non-hydrogen) atoms. The van der Waals surface area contributed by atoms with Crippen molar-refractivity contribution < 1.29 is 4.79 Å². The number of carbonyl (C=O) groups is 1. The van der Waals surface area contributed by atoms with Crippen LogP contribution in [0.2, 0.25) is 0 Å². The molecule has 94 valence electrons. The average molecular weight is 248 g/mol. The Morgan fingerprint density at radius 1 is 1.44 bits per heavy atom. The predicted molar refractivity (Wildman–Crippen MR) is 62.9 cm³/mol. The quantitative estimate of drug-likeness (QED) is 0.684. The molecule has 0 aliphatic carbocycles. The van der Waals surface area contributed by atoms with Gasteiger partial charge in [-0.25, -0.2) is 10.1 Å². The van der Waals surface area contributed by atoms with E-state index in [1.54, 1.807) is 6.20 Å². The zero-order valence-electron chi connectivity index (χ0n) is 9.71. The minimum atomic E-state index is -0.429. The lowest BCUT2D eigenvalue weighted by Gasteiger charge is -2.04. The number of aromatic nitrogens is 6. The monoisotopic (exact) mass is 248 g/mol. The van der Waals surface area contributed by atoms with Crippen LogP contribution in [0, 0.1) is 0 Å². The summed E-state index contributed by atoms with van der Waals surface area (Å²) in [4.78, 5) is 19.8. The summed E-state index contributed by atoms with van der Waals surface area (Å²) in [6.45, 7) is 2.81. The molecule has 0 saturated carbocycles. The summed E-state index contributed by atoms with van der Waals surface area (Å²) in [7, 11) is 0. The first kappa shape index (κ1) is 11.9. The molecular weight excluding hydrogens is 236 g/mol. The Balaban J connectivity index is 2.05. The standard InChI is InChI=1S/C9H12N8O/c1-2-3-11-7-5-10-4-6(12-7)8(18)13-9-14-16-17-15-9/h4-5H,2-3H2,1H3,(H,11,12)(H2,13,14,15,16,17,18). The van der Waals surface area contributed by atoms with Crippen molar-refractivity contribution in [3.8, 4) is 0 Å². The van der Waals surface area contributed by atoms with E-state index in [9.17, 15) is 4.79 Å². The number of amides is 1. The van der Waals surface area contributed by atoms with Crippen molar-refractivity contribution in [2.45, 2.75) is 13.3 Å². The van der Waals surface area contributed by atoms with Crippen LogP contribution in [0.25, 0.3) is 0 Å². The molecule has 0 spiro atoms. The lowest BCUT2D eigenvalue weighted by atomic mass is 10.4. The van der Waals surface area contributed by atoms with Crippen LogP contribution in [-0.4, -0.2) is 43.0 Å². The first-order valence-electron chi connectivity index (χ1n) is 5.40. The van der Waals surface area contributed by atoms with Gasteiger partial charge in [-0.1, -0.05) is 12.0 Å². The highest BCUT2D eigenvalue weighted by molar-refractivity contribution is 6.01. The third-order valence-electron chi connectivity index (χ3n) is 2.00. The smallest absolute Gasteiger partial charge is 0.278 e. The van der Waals surface area contributed by atoms with Gasteiger partial charge in [-0.3, -0.25) is 15.1 Å². The molecule has 0 unspecified atom stereocenters. The Bertz CT molecular complexity index is 511. The molecule has 0 saturated heterocycles. The molecule has 2 rings (SSSR count). The van der Waals surface area contributed by atoms with Crippen molar-refractivity contribution in [2.24, 2.45) is 0 Å². The maximum atomic E-state index is 11.8. The van der Waals surface area contributed by atoms with E-state index in [0.717, 1.165) is 13.0 Å². The number of nitrogens with zero attached hydrogens (tertiary/aromatic N) is 5. The molecule has 2 heterocycles. The first-order chi connectivity index (χ1) is 8.79. The number of hydrogen-bond acceptors (Lipinski definition) is 7. The van der Waals surface area contributed by atoms with E-state index in [2.05, 4.69) is 41.2 Å². The van der Waals surface area contributed by atoms with Crippen LogP contribution in [0.3, 0.4) is 0 Å². The van der Waals surface area contributed by atoms with Crippen LogP contribution in [0.15, 0.2) is 12.4 Å². The second kappa shape index (κ2) is 5.66. The van der Waals surface area contributed by atoms with Crippen molar-refractivity contribution in [1.29, 1.82) is 0 Å². The van der Waals surface area contributed by atoms with Gasteiger partial charge in [-0.2, -0.15) is 0 Å². The summed E-state index contributed by atoms with van der Waals surface area (Å²) in [5.74, 6) is 0.287. The highest BCUT2D eigenvalue weighted by atomic mass is 16.2. The molecule has 2 aromatic heterocycles. The lowest BCUT2D eigenvalue weighted by molar-refractivity contribution is 0.102. The molecule has 1 amide bonds. The van der Waals surface area contributed by atoms with E-state index in [0.29, 0.717) is 5.82 Å². The first-order valence-corrected chi connectivity index (χ1v) is 5.40. The predicted octanol–water partition coefficient (Wildman–Crippen LogP) is 0.0639. The summed E-state index contributed by atoms with van der Waals surface area (Å²) in [6.07, 6.45) is 3.89. The van der Waals surface area contributed by atoms with Crippen LogP contribution in [0.5, 0.6) is 0 Å². The summed E-state index contributed by atoms with van der Waals surface area (Å²) in [6, 6.07) is 0. The van der Waals surface area contributed by atoms with Crippen LogP contribution in [-0.2, 0) is 0 Å². The van der Waals surface area contributed by atoms with Gasteiger partial charge in [-0.15, -0.1) is 0 Å². The van der Waals surface area contributed by atoms with E-state index >= 15 is 0 Å². The zero-order chi connectivity index (χ0) is 12.8. The van der Waals surface area contributed by atoms with Crippen LogP contribution >= 0.6 is 0 Å². The Morgan fingerprint density at radius 2 is 2.33 bits per heavy atom. The topological polar surface area (TPSA) is 121 Å². The van der Waals surface area contributed by atoms with E-state index in [1.807, 2.05) is 6.92 Å². The minimum Gasteiger partial charge on any atom is -0.369 e. The largest absolute Gasteiger partial charge is 0.369 e. The normalized spacial score (nSPS) is 10.1. The van der Waals surface area contributed by atoms with Gasteiger partial charge in [0.25, 0.3) is 5.91 Å².